The van der Waals surface area contributed by atoms with Gasteiger partial charge in [-0.2, -0.15) is 4.98 Å². The summed E-state index contributed by atoms with van der Waals surface area (Å²) in [6.45, 7) is 3.89. The maximum absolute atomic E-state index is 13.0. The zero-order chi connectivity index (χ0) is 13.8. The van der Waals surface area contributed by atoms with E-state index >= 15 is 0 Å². The predicted molar refractivity (Wildman–Crippen MR) is 68.2 cm³/mol. The molecule has 0 amide bonds. The monoisotopic (exact) mass is 265 g/mol. The Kier molecular flexibility index (Phi) is 3.84. The van der Waals surface area contributed by atoms with Crippen molar-refractivity contribution in [2.75, 3.05) is 10.6 Å². The molecule has 0 atom stereocenters. The fourth-order valence-electron chi connectivity index (χ4n) is 1.44. The van der Waals surface area contributed by atoms with Crippen LogP contribution in [0.25, 0.3) is 0 Å². The van der Waals surface area contributed by atoms with E-state index in [0.717, 1.165) is 18.2 Å². The van der Waals surface area contributed by atoms with Gasteiger partial charge in [-0.15, -0.1) is 0 Å². The molecule has 2 N–H and O–H groups in total. The smallest absolute Gasteiger partial charge is 0.231 e. The van der Waals surface area contributed by atoms with Gasteiger partial charge in [0.2, 0.25) is 11.9 Å². The van der Waals surface area contributed by atoms with Crippen LogP contribution >= 0.6 is 0 Å². The number of benzene rings is 1. The lowest BCUT2D eigenvalue weighted by Gasteiger charge is -2.09. The van der Waals surface area contributed by atoms with Gasteiger partial charge in [-0.1, -0.05) is 0 Å². The Bertz CT molecular complexity index is 554. The summed E-state index contributed by atoms with van der Waals surface area (Å²) in [4.78, 5) is 11.9. The number of anilines is 3. The Balaban J connectivity index is 2.18. The molecule has 2 aromatic rings. The molecule has 0 bridgehead atoms. The summed E-state index contributed by atoms with van der Waals surface area (Å²) in [6, 6.07) is 3.27. The van der Waals surface area contributed by atoms with Crippen molar-refractivity contribution in [2.24, 2.45) is 0 Å². The lowest BCUT2D eigenvalue weighted by atomic mass is 10.3. The largest absolute Gasteiger partial charge is 0.352 e. The first kappa shape index (κ1) is 13.1. The van der Waals surface area contributed by atoms with Crippen LogP contribution in [0, 0.1) is 11.6 Å². The molecule has 0 radical (unpaired) electrons. The van der Waals surface area contributed by atoms with Gasteiger partial charge in [-0.3, -0.25) is 0 Å². The molecule has 0 saturated carbocycles. The first-order valence-electron chi connectivity index (χ1n) is 5.71. The van der Waals surface area contributed by atoms with E-state index in [4.69, 9.17) is 0 Å². The number of hydrogen-bond donors (Lipinski definition) is 2. The molecule has 0 fully saturated rings. The molecule has 0 aliphatic rings. The van der Waals surface area contributed by atoms with E-state index in [0.29, 0.717) is 5.95 Å². The minimum Gasteiger partial charge on any atom is -0.352 e. The van der Waals surface area contributed by atoms with Crippen LogP contribution in [0.4, 0.5) is 26.4 Å². The highest BCUT2D eigenvalue weighted by Crippen LogP contribution is 2.16. The Labute approximate surface area is 109 Å². The van der Waals surface area contributed by atoms with E-state index in [-0.39, 0.29) is 17.7 Å². The van der Waals surface area contributed by atoms with Crippen molar-refractivity contribution in [1.29, 1.82) is 0 Å². The van der Waals surface area contributed by atoms with Crippen molar-refractivity contribution in [3.05, 3.63) is 36.2 Å². The number of halogens is 2. The molecule has 7 heteroatoms. The second kappa shape index (κ2) is 5.55. The minimum absolute atomic E-state index is 0.168. The summed E-state index contributed by atoms with van der Waals surface area (Å²) in [6.07, 6.45) is 1.32. The Morgan fingerprint density at radius 3 is 2.26 bits per heavy atom. The number of nitrogens with one attached hydrogen (secondary N) is 2. The molecule has 0 saturated heterocycles. The van der Waals surface area contributed by atoms with Crippen LogP contribution in [0.2, 0.25) is 0 Å². The van der Waals surface area contributed by atoms with Crippen LogP contribution in [-0.2, 0) is 0 Å². The van der Waals surface area contributed by atoms with Gasteiger partial charge in [0.25, 0.3) is 0 Å². The van der Waals surface area contributed by atoms with E-state index in [9.17, 15) is 8.78 Å². The second-order valence-corrected chi connectivity index (χ2v) is 4.21. The molecule has 0 spiro atoms. The van der Waals surface area contributed by atoms with Gasteiger partial charge in [0.15, 0.2) is 0 Å². The van der Waals surface area contributed by atoms with Crippen LogP contribution in [0.5, 0.6) is 0 Å². The highest BCUT2D eigenvalue weighted by molar-refractivity contribution is 5.53. The molecule has 0 aliphatic carbocycles. The zero-order valence-electron chi connectivity index (χ0n) is 10.5. The Morgan fingerprint density at radius 1 is 1.00 bits per heavy atom. The topological polar surface area (TPSA) is 62.7 Å². The molecule has 100 valence electrons. The minimum atomic E-state index is -0.669. The van der Waals surface area contributed by atoms with E-state index in [1.807, 2.05) is 13.8 Å². The van der Waals surface area contributed by atoms with E-state index in [1.165, 1.54) is 6.33 Å². The van der Waals surface area contributed by atoms with E-state index in [2.05, 4.69) is 25.6 Å². The van der Waals surface area contributed by atoms with Crippen LogP contribution in [0.15, 0.2) is 24.5 Å². The molecule has 2 rings (SSSR count). The standard InChI is InChI=1S/C12H13F2N5/c1-7(2)17-11-15-6-16-12(19-11)18-10-4-8(13)3-9(14)5-10/h3-7H,1-2H3,(H2,15,16,17,18,19). The summed E-state index contributed by atoms with van der Waals surface area (Å²) in [5.74, 6) is -0.735. The lowest BCUT2D eigenvalue weighted by Crippen LogP contribution is -2.13. The fraction of sp³-hybridized carbons (Fsp3) is 0.250. The third-order valence-corrected chi connectivity index (χ3v) is 2.11. The van der Waals surface area contributed by atoms with Crippen LogP contribution in [0.3, 0.4) is 0 Å². The molecule has 1 heterocycles. The summed E-state index contributed by atoms with van der Waals surface area (Å²) in [5, 5.41) is 5.72. The van der Waals surface area contributed by atoms with E-state index < -0.39 is 11.6 Å². The summed E-state index contributed by atoms with van der Waals surface area (Å²) in [7, 11) is 0. The van der Waals surface area contributed by atoms with E-state index in [1.54, 1.807) is 0 Å². The maximum atomic E-state index is 13.0. The van der Waals surface area contributed by atoms with Gasteiger partial charge in [0, 0.05) is 17.8 Å². The average molecular weight is 265 g/mol. The van der Waals surface area contributed by atoms with Crippen molar-refractivity contribution >= 4 is 17.6 Å². The van der Waals surface area contributed by atoms with Gasteiger partial charge >= 0.3 is 0 Å². The van der Waals surface area contributed by atoms with Crippen LogP contribution < -0.4 is 10.6 Å². The van der Waals surface area contributed by atoms with Gasteiger partial charge < -0.3 is 10.6 Å². The highest BCUT2D eigenvalue weighted by atomic mass is 19.1. The molecular weight excluding hydrogens is 252 g/mol. The van der Waals surface area contributed by atoms with Crippen molar-refractivity contribution in [1.82, 2.24) is 15.0 Å². The van der Waals surface area contributed by atoms with Crippen LogP contribution in [0.1, 0.15) is 13.8 Å². The third kappa shape index (κ3) is 3.84. The van der Waals surface area contributed by atoms with Gasteiger partial charge in [0.05, 0.1) is 0 Å². The van der Waals surface area contributed by atoms with Crippen molar-refractivity contribution in [3.8, 4) is 0 Å². The number of rotatable bonds is 4. The molecule has 19 heavy (non-hydrogen) atoms. The third-order valence-electron chi connectivity index (χ3n) is 2.11. The predicted octanol–water partition coefficient (Wildman–Crippen LogP) is 2.71. The summed E-state index contributed by atoms with van der Waals surface area (Å²) in [5.41, 5.74) is 0.235. The SMILES string of the molecule is CC(C)Nc1ncnc(Nc2cc(F)cc(F)c2)n1. The number of nitrogens with zero attached hydrogens (tertiary/aromatic N) is 3. The van der Waals surface area contributed by atoms with Gasteiger partial charge in [-0.05, 0) is 26.0 Å². The molecule has 0 unspecified atom stereocenters. The molecule has 1 aromatic heterocycles. The fourth-order valence-corrected chi connectivity index (χ4v) is 1.44. The first-order valence-corrected chi connectivity index (χ1v) is 5.71. The maximum Gasteiger partial charge on any atom is 0.231 e. The molecular formula is C12H13F2N5. The highest BCUT2D eigenvalue weighted by Gasteiger charge is 2.05. The quantitative estimate of drug-likeness (QED) is 0.890. The van der Waals surface area contributed by atoms with Crippen LogP contribution in [-0.4, -0.2) is 21.0 Å². The lowest BCUT2D eigenvalue weighted by molar-refractivity contribution is 0.584. The van der Waals surface area contributed by atoms with Crippen molar-refractivity contribution in [2.45, 2.75) is 19.9 Å². The Hall–Kier alpha value is -2.31. The van der Waals surface area contributed by atoms with Crippen molar-refractivity contribution in [3.63, 3.8) is 0 Å². The Morgan fingerprint density at radius 2 is 1.63 bits per heavy atom. The van der Waals surface area contributed by atoms with Gasteiger partial charge in [0.1, 0.15) is 18.0 Å². The average Bonchev–Trinajstić information content (AvgIpc) is 2.26. The molecule has 0 aliphatic heterocycles. The first-order chi connectivity index (χ1) is 9.02. The van der Waals surface area contributed by atoms with Gasteiger partial charge in [-0.25, -0.2) is 18.7 Å². The molecule has 1 aromatic carbocycles. The number of hydrogen-bond acceptors (Lipinski definition) is 5. The zero-order valence-corrected chi connectivity index (χ0v) is 10.5. The normalized spacial score (nSPS) is 10.6. The summed E-state index contributed by atoms with van der Waals surface area (Å²) >= 11 is 0. The van der Waals surface area contributed by atoms with Crippen molar-refractivity contribution < 1.29 is 8.78 Å². The molecule has 5 nitrogen and oxygen atoms in total. The summed E-state index contributed by atoms with van der Waals surface area (Å²) < 4.78 is 26.1. The number of aromatic nitrogens is 3. The second-order valence-electron chi connectivity index (χ2n) is 4.21.